The number of rotatable bonds is 5. The molecule has 166 valence electrons. The van der Waals surface area contributed by atoms with Crippen LogP contribution in [0.25, 0.3) is 0 Å². The van der Waals surface area contributed by atoms with E-state index in [0.717, 1.165) is 51.5 Å². The molecular formula is C25H38N2O3. The number of carbonyl (C=O) groups is 2. The molecule has 0 spiro atoms. The molecule has 0 radical (unpaired) electrons. The zero-order chi connectivity index (χ0) is 21.5. The summed E-state index contributed by atoms with van der Waals surface area (Å²) in [6.45, 7) is 5.99. The Hall–Kier alpha value is -1.49. The van der Waals surface area contributed by atoms with Gasteiger partial charge in [-0.2, -0.15) is 0 Å². The van der Waals surface area contributed by atoms with Crippen molar-refractivity contribution >= 4 is 17.8 Å². The average Bonchev–Trinajstić information content (AvgIpc) is 3.00. The molecule has 0 unspecified atom stereocenters. The highest BCUT2D eigenvalue weighted by molar-refractivity contribution is 5.88. The predicted molar refractivity (Wildman–Crippen MR) is 118 cm³/mol. The molecule has 5 heteroatoms. The number of fused-ring (bicyclic) bond motifs is 5. The van der Waals surface area contributed by atoms with E-state index in [0.29, 0.717) is 42.3 Å². The van der Waals surface area contributed by atoms with Crippen molar-refractivity contribution in [2.45, 2.75) is 65.2 Å². The summed E-state index contributed by atoms with van der Waals surface area (Å²) in [5, 5.41) is 4.05. The first-order valence-electron chi connectivity index (χ1n) is 11.8. The topological polar surface area (TPSA) is 59.0 Å². The van der Waals surface area contributed by atoms with Gasteiger partial charge in [-0.25, -0.2) is 0 Å². The molecule has 0 heterocycles. The van der Waals surface area contributed by atoms with E-state index in [1.807, 2.05) is 14.1 Å². The molecule has 0 aromatic carbocycles. The summed E-state index contributed by atoms with van der Waals surface area (Å²) >= 11 is 0. The number of hydrogen-bond acceptors (Lipinski definition) is 5. The van der Waals surface area contributed by atoms with E-state index in [2.05, 4.69) is 30.0 Å². The zero-order valence-electron chi connectivity index (χ0n) is 19.2. The van der Waals surface area contributed by atoms with Crippen molar-refractivity contribution in [2.75, 3.05) is 27.2 Å². The molecule has 30 heavy (non-hydrogen) atoms. The third-order valence-corrected chi connectivity index (χ3v) is 9.14. The van der Waals surface area contributed by atoms with E-state index in [4.69, 9.17) is 4.84 Å². The maximum atomic E-state index is 13.3. The second-order valence-corrected chi connectivity index (χ2v) is 10.9. The normalized spacial score (nSPS) is 42.5. The molecule has 0 N–H and O–H groups in total. The van der Waals surface area contributed by atoms with Gasteiger partial charge in [-0.3, -0.25) is 9.59 Å². The fourth-order valence-electron chi connectivity index (χ4n) is 7.27. The summed E-state index contributed by atoms with van der Waals surface area (Å²) in [6.07, 6.45) is 11.3. The molecule has 4 rings (SSSR count). The van der Waals surface area contributed by atoms with E-state index >= 15 is 0 Å². The van der Waals surface area contributed by atoms with E-state index in [1.165, 1.54) is 5.57 Å². The lowest BCUT2D eigenvalue weighted by Crippen LogP contribution is -2.56. The van der Waals surface area contributed by atoms with E-state index in [-0.39, 0.29) is 16.7 Å². The fraction of sp³-hybridized carbons (Fsp3) is 0.800. The van der Waals surface area contributed by atoms with Crippen molar-refractivity contribution in [1.29, 1.82) is 0 Å². The second kappa shape index (κ2) is 8.22. The first-order chi connectivity index (χ1) is 14.3. The summed E-state index contributed by atoms with van der Waals surface area (Å²) in [4.78, 5) is 33.2. The van der Waals surface area contributed by atoms with Crippen LogP contribution in [0.5, 0.6) is 0 Å². The molecule has 5 nitrogen and oxygen atoms in total. The van der Waals surface area contributed by atoms with Crippen molar-refractivity contribution in [1.82, 2.24) is 4.90 Å². The van der Waals surface area contributed by atoms with Gasteiger partial charge >= 0.3 is 0 Å². The smallest absolute Gasteiger partial charge is 0.139 e. The zero-order valence-corrected chi connectivity index (χ0v) is 19.2. The van der Waals surface area contributed by atoms with Gasteiger partial charge in [0.1, 0.15) is 18.2 Å². The van der Waals surface area contributed by atoms with Gasteiger partial charge in [0.15, 0.2) is 0 Å². The van der Waals surface area contributed by atoms with Crippen LogP contribution in [0.2, 0.25) is 0 Å². The summed E-state index contributed by atoms with van der Waals surface area (Å²) < 4.78 is 0. The third-order valence-electron chi connectivity index (χ3n) is 9.14. The minimum Gasteiger partial charge on any atom is -0.394 e. The van der Waals surface area contributed by atoms with Crippen molar-refractivity contribution in [2.24, 2.45) is 39.7 Å². The van der Waals surface area contributed by atoms with Gasteiger partial charge in [0.2, 0.25) is 0 Å². The maximum absolute atomic E-state index is 13.3. The molecule has 6 atom stereocenters. The summed E-state index contributed by atoms with van der Waals surface area (Å²) in [7, 11) is 4.02. The standard InChI is InChI=1S/C25H38N2O3/c1-24-10-7-17(9-12-26-30-14-13-27(3)4)15-21(24)22(28)16-18-19-5-6-23(29)25(19,2)11-8-20(18)24/h9,12,18-21H,5-8,10-11,13-16H2,1-4H3/b17-9-,26-12-/t18-,19-,20-,21+,24+,25-/m0/s1. The second-order valence-electron chi connectivity index (χ2n) is 10.9. The number of Topliss-reactive ketones (excluding diaryl/α,β-unsaturated/α-hetero) is 2. The molecular weight excluding hydrogens is 376 g/mol. The Morgan fingerprint density at radius 3 is 2.67 bits per heavy atom. The van der Waals surface area contributed by atoms with Gasteiger partial charge in [0.25, 0.3) is 0 Å². The average molecular weight is 415 g/mol. The highest BCUT2D eigenvalue weighted by Crippen LogP contribution is 2.65. The molecule has 4 aliphatic rings. The van der Waals surface area contributed by atoms with Gasteiger partial charge in [0.05, 0.1) is 6.21 Å². The van der Waals surface area contributed by atoms with E-state index < -0.39 is 0 Å². The molecule has 0 aliphatic heterocycles. The Morgan fingerprint density at radius 2 is 1.90 bits per heavy atom. The molecule has 0 bridgehead atoms. The van der Waals surface area contributed by atoms with Crippen molar-refractivity contribution < 1.29 is 14.4 Å². The van der Waals surface area contributed by atoms with Crippen LogP contribution in [-0.4, -0.2) is 49.9 Å². The molecule has 0 aromatic rings. The van der Waals surface area contributed by atoms with Gasteiger partial charge in [-0.15, -0.1) is 0 Å². The quantitative estimate of drug-likeness (QED) is 0.383. The monoisotopic (exact) mass is 414 g/mol. The number of nitrogens with zero attached hydrogens (tertiary/aromatic N) is 2. The van der Waals surface area contributed by atoms with Crippen LogP contribution in [-0.2, 0) is 14.4 Å². The minimum atomic E-state index is -0.159. The Balaban J connectivity index is 1.44. The van der Waals surface area contributed by atoms with Crippen LogP contribution in [0.4, 0.5) is 0 Å². The predicted octanol–water partition coefficient (Wildman–Crippen LogP) is 4.27. The van der Waals surface area contributed by atoms with Crippen LogP contribution in [0.3, 0.4) is 0 Å². The first-order valence-corrected chi connectivity index (χ1v) is 11.8. The van der Waals surface area contributed by atoms with Gasteiger partial charge in [-0.1, -0.05) is 24.6 Å². The Labute approximate surface area is 181 Å². The lowest BCUT2D eigenvalue weighted by atomic mass is 9.45. The van der Waals surface area contributed by atoms with Gasteiger partial charge < -0.3 is 9.74 Å². The lowest BCUT2D eigenvalue weighted by molar-refractivity contribution is -0.153. The van der Waals surface area contributed by atoms with Crippen LogP contribution in [0, 0.1) is 34.5 Å². The molecule has 0 aromatic heterocycles. The summed E-state index contributed by atoms with van der Waals surface area (Å²) in [5.74, 6) is 2.45. The third kappa shape index (κ3) is 3.68. The molecule has 4 fully saturated rings. The van der Waals surface area contributed by atoms with E-state index in [1.54, 1.807) is 6.21 Å². The maximum Gasteiger partial charge on any atom is 0.139 e. The Kier molecular flexibility index (Phi) is 5.95. The molecule has 0 saturated heterocycles. The SMILES string of the molecule is CN(C)CCO/N=C\C=C1\CC[C@@]2(C)[C@H](C1)C(=O)C[C@@H]1[C@@H]2CC[C@]2(C)C(=O)CC[C@@H]12. The first kappa shape index (κ1) is 21.7. The fourth-order valence-corrected chi connectivity index (χ4v) is 7.27. The number of carbonyl (C=O) groups excluding carboxylic acids is 2. The number of ketones is 2. The number of likely N-dealkylation sites (N-methyl/N-ethyl adjacent to an activating group) is 1. The summed E-state index contributed by atoms with van der Waals surface area (Å²) in [5.41, 5.74) is 1.25. The van der Waals surface area contributed by atoms with Crippen LogP contribution >= 0.6 is 0 Å². The Bertz CT molecular complexity index is 757. The minimum absolute atomic E-state index is 0.0870. The largest absolute Gasteiger partial charge is 0.394 e. The molecule has 4 aliphatic carbocycles. The summed E-state index contributed by atoms with van der Waals surface area (Å²) in [6, 6.07) is 0. The number of hydrogen-bond donors (Lipinski definition) is 0. The van der Waals surface area contributed by atoms with Gasteiger partial charge in [-0.05, 0) is 81.9 Å². The number of oxime groups is 1. The van der Waals surface area contributed by atoms with Crippen LogP contribution < -0.4 is 0 Å². The molecule has 4 saturated carbocycles. The Morgan fingerprint density at radius 1 is 1.10 bits per heavy atom. The van der Waals surface area contributed by atoms with Crippen LogP contribution in [0.15, 0.2) is 16.8 Å². The number of allylic oxidation sites excluding steroid dienone is 2. The lowest BCUT2D eigenvalue weighted by Gasteiger charge is -2.58. The van der Waals surface area contributed by atoms with Crippen LogP contribution in [0.1, 0.15) is 65.2 Å². The van der Waals surface area contributed by atoms with Crippen molar-refractivity contribution in [3.05, 3.63) is 11.6 Å². The van der Waals surface area contributed by atoms with Gasteiger partial charge in [0, 0.05) is 30.7 Å². The van der Waals surface area contributed by atoms with Crippen molar-refractivity contribution in [3.8, 4) is 0 Å². The highest BCUT2D eigenvalue weighted by atomic mass is 16.6. The molecule has 0 amide bonds. The van der Waals surface area contributed by atoms with E-state index in [9.17, 15) is 9.59 Å². The van der Waals surface area contributed by atoms with Crippen molar-refractivity contribution in [3.63, 3.8) is 0 Å². The highest BCUT2D eigenvalue weighted by Gasteiger charge is 2.61.